The van der Waals surface area contributed by atoms with Crippen LogP contribution in [0, 0.1) is 0 Å². The number of pyridine rings is 1. The number of halogens is 6. The first-order valence-corrected chi connectivity index (χ1v) is 15.3. The van der Waals surface area contributed by atoms with Crippen LogP contribution in [-0.2, 0) is 28.3 Å². The van der Waals surface area contributed by atoms with E-state index in [9.17, 15) is 35.9 Å². The summed E-state index contributed by atoms with van der Waals surface area (Å²) in [6.45, 7) is 3.42. The number of carboxylic acid groups (broad SMARTS) is 1. The minimum Gasteiger partial charge on any atom is -0.490 e. The van der Waals surface area contributed by atoms with E-state index in [1.54, 1.807) is 19.9 Å². The number of hydrogen-bond acceptors (Lipinski definition) is 9. The Morgan fingerprint density at radius 2 is 1.71 bits per heavy atom. The van der Waals surface area contributed by atoms with E-state index in [1.807, 2.05) is 0 Å². The summed E-state index contributed by atoms with van der Waals surface area (Å²) in [6, 6.07) is 4.33. The molecule has 1 aliphatic heterocycles. The fourth-order valence-corrected chi connectivity index (χ4v) is 5.49. The van der Waals surface area contributed by atoms with E-state index in [0.29, 0.717) is 12.1 Å². The van der Waals surface area contributed by atoms with Crippen molar-refractivity contribution in [2.45, 2.75) is 76.3 Å². The summed E-state index contributed by atoms with van der Waals surface area (Å²) in [5, 5.41) is 8.91. The Balaban J connectivity index is 1.85. The molecule has 49 heavy (non-hydrogen) atoms. The number of benzene rings is 1. The van der Waals surface area contributed by atoms with Gasteiger partial charge < -0.3 is 25.1 Å². The molecule has 0 radical (unpaired) electrons. The van der Waals surface area contributed by atoms with E-state index in [1.165, 1.54) is 24.3 Å². The second-order valence-corrected chi connectivity index (χ2v) is 11.3. The molecule has 4 rings (SSSR count). The Hall–Kier alpha value is -4.67. The molecule has 1 aromatic carbocycles. The van der Waals surface area contributed by atoms with Crippen LogP contribution in [0.2, 0.25) is 0 Å². The molecule has 1 aliphatic rings. The molecule has 2 atom stereocenters. The number of rotatable bonds is 12. The normalized spacial score (nSPS) is 17.8. The Labute approximate surface area is 277 Å². The number of aliphatic carboxylic acids is 1. The second kappa shape index (κ2) is 14.8. The van der Waals surface area contributed by atoms with Crippen LogP contribution in [0.25, 0.3) is 0 Å². The van der Waals surface area contributed by atoms with Gasteiger partial charge in [0.1, 0.15) is 11.5 Å². The van der Waals surface area contributed by atoms with Crippen molar-refractivity contribution in [2.75, 3.05) is 25.2 Å². The monoisotopic (exact) mass is 699 g/mol. The SMILES string of the molecule is CCOC(=O)N1c2ccc(OC)nc2[C@@H](c2ncc(OCCCCC(=O)O)c(Cc3cc(C(F)(F)F)cc(C(F)(F)F)c3)n2)C[C@@]1(N)CC. The van der Waals surface area contributed by atoms with Gasteiger partial charge >= 0.3 is 24.4 Å². The third-order valence-corrected chi connectivity index (χ3v) is 7.94. The van der Waals surface area contributed by atoms with Crippen molar-refractivity contribution in [1.82, 2.24) is 15.0 Å². The average molecular weight is 700 g/mol. The van der Waals surface area contributed by atoms with Gasteiger partial charge in [-0.2, -0.15) is 26.3 Å². The van der Waals surface area contributed by atoms with Crippen LogP contribution in [-0.4, -0.2) is 58.1 Å². The van der Waals surface area contributed by atoms with Gasteiger partial charge in [-0.05, 0) is 62.4 Å². The Morgan fingerprint density at radius 3 is 2.29 bits per heavy atom. The van der Waals surface area contributed by atoms with Gasteiger partial charge in [0, 0.05) is 18.9 Å². The zero-order valence-corrected chi connectivity index (χ0v) is 26.8. The molecule has 0 fully saturated rings. The Kier molecular flexibility index (Phi) is 11.3. The summed E-state index contributed by atoms with van der Waals surface area (Å²) in [4.78, 5) is 38.9. The molecule has 0 spiro atoms. The van der Waals surface area contributed by atoms with Gasteiger partial charge in [0.25, 0.3) is 0 Å². The minimum absolute atomic E-state index is 0.00605. The second-order valence-electron chi connectivity index (χ2n) is 11.3. The molecule has 3 aromatic rings. The number of amides is 1. The highest BCUT2D eigenvalue weighted by Crippen LogP contribution is 2.46. The van der Waals surface area contributed by atoms with Crippen LogP contribution in [0.15, 0.2) is 36.5 Å². The smallest absolute Gasteiger partial charge is 0.416 e. The van der Waals surface area contributed by atoms with Crippen molar-refractivity contribution in [3.63, 3.8) is 0 Å². The lowest BCUT2D eigenvalue weighted by Crippen LogP contribution is -2.61. The van der Waals surface area contributed by atoms with Crippen molar-refractivity contribution in [3.05, 3.63) is 70.4 Å². The summed E-state index contributed by atoms with van der Waals surface area (Å²) >= 11 is 0. The van der Waals surface area contributed by atoms with Gasteiger partial charge in [0.15, 0.2) is 5.75 Å². The van der Waals surface area contributed by atoms with E-state index >= 15 is 0 Å². The lowest BCUT2D eigenvalue weighted by Gasteiger charge is -2.46. The molecule has 0 saturated carbocycles. The largest absolute Gasteiger partial charge is 0.490 e. The molecule has 17 heteroatoms. The number of ether oxygens (including phenoxy) is 3. The molecule has 3 N–H and O–H groups in total. The number of fused-ring (bicyclic) bond motifs is 1. The molecule has 1 amide bonds. The van der Waals surface area contributed by atoms with Gasteiger partial charge in [-0.3, -0.25) is 9.69 Å². The molecule has 0 saturated heterocycles. The number of nitrogens with zero attached hydrogens (tertiary/aromatic N) is 4. The highest BCUT2D eigenvalue weighted by atomic mass is 19.4. The quantitative estimate of drug-likeness (QED) is 0.154. The molecule has 266 valence electrons. The van der Waals surface area contributed by atoms with Gasteiger partial charge in [0.05, 0.1) is 60.6 Å². The van der Waals surface area contributed by atoms with E-state index in [-0.39, 0.29) is 91.5 Å². The van der Waals surface area contributed by atoms with E-state index in [4.69, 9.17) is 25.1 Å². The van der Waals surface area contributed by atoms with Crippen LogP contribution < -0.4 is 20.1 Å². The highest BCUT2D eigenvalue weighted by Gasteiger charge is 2.47. The summed E-state index contributed by atoms with van der Waals surface area (Å²) < 4.78 is 98.4. The van der Waals surface area contributed by atoms with Crippen molar-refractivity contribution >= 4 is 17.7 Å². The molecule has 0 aliphatic carbocycles. The molecule has 2 aromatic heterocycles. The van der Waals surface area contributed by atoms with Crippen LogP contribution in [0.4, 0.5) is 36.8 Å². The summed E-state index contributed by atoms with van der Waals surface area (Å²) in [5.41, 5.74) is 2.64. The van der Waals surface area contributed by atoms with Crippen molar-refractivity contribution in [3.8, 4) is 11.6 Å². The molecular formula is C32H35F6N5O6. The number of carboxylic acids is 1. The predicted molar refractivity (Wildman–Crippen MR) is 162 cm³/mol. The number of carbonyl (C=O) groups is 2. The van der Waals surface area contributed by atoms with Crippen LogP contribution in [0.3, 0.4) is 0 Å². The van der Waals surface area contributed by atoms with E-state index in [0.717, 1.165) is 0 Å². The first-order chi connectivity index (χ1) is 23.0. The number of carbonyl (C=O) groups excluding carboxylic acids is 1. The molecule has 3 heterocycles. The maximum Gasteiger partial charge on any atom is 0.416 e. The summed E-state index contributed by atoms with van der Waals surface area (Å²) in [5.74, 6) is -1.62. The fraction of sp³-hybridized carbons (Fsp3) is 0.469. The zero-order valence-electron chi connectivity index (χ0n) is 26.8. The summed E-state index contributed by atoms with van der Waals surface area (Å²) in [7, 11) is 1.39. The van der Waals surface area contributed by atoms with Crippen LogP contribution >= 0.6 is 0 Å². The predicted octanol–water partition coefficient (Wildman–Crippen LogP) is 6.71. The van der Waals surface area contributed by atoms with Gasteiger partial charge in [-0.15, -0.1) is 0 Å². The van der Waals surface area contributed by atoms with Gasteiger partial charge in [-0.25, -0.2) is 19.7 Å². The molecular weight excluding hydrogens is 664 g/mol. The zero-order chi connectivity index (χ0) is 36.1. The maximum absolute atomic E-state index is 13.7. The Morgan fingerprint density at radius 1 is 1.04 bits per heavy atom. The standard InChI is InChI=1S/C32H35F6N5O6/c1-4-30(39)16-21(27-23(9-10-25(42-27)47-3)43(30)29(46)48-5-2)28-40-17-24(49-11-7-6-8-26(44)45)22(41-28)14-18-12-19(31(33,34)35)15-20(13-18)32(36,37)38/h9-10,12-13,15,17,21H,4-8,11,14,16,39H2,1-3H3,(H,44,45)/t21-,30+/m0/s1. The maximum atomic E-state index is 13.7. The van der Waals surface area contributed by atoms with Crippen molar-refractivity contribution in [1.29, 1.82) is 0 Å². The number of methoxy groups -OCH3 is 1. The summed E-state index contributed by atoms with van der Waals surface area (Å²) in [6.07, 6.45) is -9.48. The number of aromatic nitrogens is 3. The topological polar surface area (TPSA) is 150 Å². The third kappa shape index (κ3) is 8.68. The number of alkyl halides is 6. The van der Waals surface area contributed by atoms with Gasteiger partial charge in [-0.1, -0.05) is 6.92 Å². The Bertz CT molecular complexity index is 1640. The minimum atomic E-state index is -5.07. The van der Waals surface area contributed by atoms with Crippen molar-refractivity contribution in [2.24, 2.45) is 5.73 Å². The lowest BCUT2D eigenvalue weighted by molar-refractivity contribution is -0.143. The molecule has 0 unspecified atom stereocenters. The van der Waals surface area contributed by atoms with Gasteiger partial charge in [0.2, 0.25) is 5.88 Å². The fourth-order valence-electron chi connectivity index (χ4n) is 5.49. The van der Waals surface area contributed by atoms with E-state index < -0.39 is 53.5 Å². The number of nitrogens with two attached hydrogens (primary N) is 1. The number of anilines is 1. The molecule has 0 bridgehead atoms. The lowest BCUT2D eigenvalue weighted by atomic mass is 9.83. The van der Waals surface area contributed by atoms with E-state index in [2.05, 4.69) is 15.0 Å². The first-order valence-electron chi connectivity index (χ1n) is 15.3. The van der Waals surface area contributed by atoms with Crippen LogP contribution in [0.5, 0.6) is 11.6 Å². The highest BCUT2D eigenvalue weighted by molar-refractivity contribution is 5.91. The van der Waals surface area contributed by atoms with Crippen LogP contribution in [0.1, 0.15) is 85.8 Å². The first kappa shape index (κ1) is 37.2. The molecule has 11 nitrogen and oxygen atoms in total. The number of hydrogen-bond donors (Lipinski definition) is 2. The number of unbranched alkanes of at least 4 members (excludes halogenated alkanes) is 1. The average Bonchev–Trinajstić information content (AvgIpc) is 3.03. The third-order valence-electron chi connectivity index (χ3n) is 7.94. The van der Waals surface area contributed by atoms with Crippen molar-refractivity contribution < 1.29 is 55.2 Å².